The van der Waals surface area contributed by atoms with Gasteiger partial charge in [-0.05, 0) is 26.7 Å². The monoisotopic (exact) mass is 358 g/mol. The zero-order valence-corrected chi connectivity index (χ0v) is 17.4. The van der Waals surface area contributed by atoms with E-state index in [1.165, 1.54) is 38.5 Å². The molecule has 0 bridgehead atoms. The van der Waals surface area contributed by atoms with Crippen molar-refractivity contribution in [3.8, 4) is 0 Å². The molecule has 4 nitrogen and oxygen atoms in total. The average molecular weight is 359 g/mol. The summed E-state index contributed by atoms with van der Waals surface area (Å²) in [6.07, 6.45) is 11.2. The molecule has 1 aliphatic heterocycles. The van der Waals surface area contributed by atoms with Gasteiger partial charge in [0.15, 0.2) is 0 Å². The van der Waals surface area contributed by atoms with Crippen LogP contribution in [0.15, 0.2) is 0 Å². The van der Waals surface area contributed by atoms with Gasteiger partial charge in [0.05, 0.1) is 13.2 Å². The first-order valence-electron chi connectivity index (χ1n) is 10.6. The van der Waals surface area contributed by atoms with E-state index in [9.17, 15) is 0 Å². The maximum Gasteiger partial charge on any atom is 0.288 e. The Balaban J connectivity index is 2.74. The smallest absolute Gasteiger partial charge is 0.288 e. The summed E-state index contributed by atoms with van der Waals surface area (Å²) in [5, 5.41) is 0. The summed E-state index contributed by atoms with van der Waals surface area (Å²) in [6, 6.07) is 0. The van der Waals surface area contributed by atoms with Crippen molar-refractivity contribution in [3.05, 3.63) is 0 Å². The lowest BCUT2D eigenvalue weighted by molar-refractivity contribution is -0.429. The third kappa shape index (κ3) is 7.54. The van der Waals surface area contributed by atoms with Crippen molar-refractivity contribution in [1.29, 1.82) is 0 Å². The Hall–Kier alpha value is -0.160. The highest BCUT2D eigenvalue weighted by Gasteiger charge is 2.51. The molecule has 0 aromatic heterocycles. The quantitative estimate of drug-likeness (QED) is 0.190. The lowest BCUT2D eigenvalue weighted by Crippen LogP contribution is -2.54. The number of hydrogen-bond acceptors (Lipinski definition) is 4. The van der Waals surface area contributed by atoms with Crippen molar-refractivity contribution in [1.82, 2.24) is 0 Å². The fourth-order valence-electron chi connectivity index (χ4n) is 3.67. The van der Waals surface area contributed by atoms with Crippen molar-refractivity contribution >= 4 is 0 Å². The van der Waals surface area contributed by atoms with Crippen molar-refractivity contribution in [3.63, 3.8) is 0 Å². The van der Waals surface area contributed by atoms with Crippen LogP contribution in [0.3, 0.4) is 0 Å². The van der Waals surface area contributed by atoms with Gasteiger partial charge in [-0.2, -0.15) is 0 Å². The minimum absolute atomic E-state index is 0.145. The van der Waals surface area contributed by atoms with E-state index in [1.54, 1.807) is 0 Å². The minimum Gasteiger partial charge on any atom is -0.371 e. The molecule has 0 spiro atoms. The molecule has 0 saturated carbocycles. The van der Waals surface area contributed by atoms with E-state index in [2.05, 4.69) is 20.8 Å². The Morgan fingerprint density at radius 1 is 0.800 bits per heavy atom. The lowest BCUT2D eigenvalue weighted by Gasteiger charge is -2.47. The van der Waals surface area contributed by atoms with Crippen molar-refractivity contribution < 1.29 is 18.9 Å². The van der Waals surface area contributed by atoms with E-state index in [0.717, 1.165) is 25.9 Å². The Morgan fingerprint density at radius 2 is 1.40 bits per heavy atom. The van der Waals surface area contributed by atoms with Gasteiger partial charge in [-0.25, -0.2) is 0 Å². The number of rotatable bonds is 17. The fourth-order valence-corrected chi connectivity index (χ4v) is 3.67. The van der Waals surface area contributed by atoms with Crippen LogP contribution in [-0.2, 0) is 18.9 Å². The standard InChI is InChI=1S/C21H42O4/c1-6-10-11-12-13-14-16-20(5,15-7-2)21(23-8-3,24-9-4)25-18-19-17-22-19/h19H,6-18H2,1-5H3. The van der Waals surface area contributed by atoms with Gasteiger partial charge in [0, 0.05) is 18.6 Å². The molecule has 1 aliphatic rings. The van der Waals surface area contributed by atoms with Gasteiger partial charge < -0.3 is 18.9 Å². The van der Waals surface area contributed by atoms with Crippen LogP contribution in [0, 0.1) is 5.41 Å². The van der Waals surface area contributed by atoms with E-state index in [1.807, 2.05) is 13.8 Å². The molecular weight excluding hydrogens is 316 g/mol. The molecule has 4 heteroatoms. The summed E-state index contributed by atoms with van der Waals surface area (Å²) in [5.41, 5.74) is -0.145. The summed E-state index contributed by atoms with van der Waals surface area (Å²) in [6.45, 7) is 13.3. The normalized spacial score (nSPS) is 19.8. The van der Waals surface area contributed by atoms with Gasteiger partial charge in [0.25, 0.3) is 5.97 Å². The van der Waals surface area contributed by atoms with Gasteiger partial charge in [-0.15, -0.1) is 0 Å². The maximum atomic E-state index is 6.28. The highest BCUT2D eigenvalue weighted by atomic mass is 16.9. The predicted molar refractivity (Wildman–Crippen MR) is 103 cm³/mol. The van der Waals surface area contributed by atoms with E-state index in [-0.39, 0.29) is 11.5 Å². The molecule has 2 atom stereocenters. The summed E-state index contributed by atoms with van der Waals surface area (Å²) >= 11 is 0. The second-order valence-corrected chi connectivity index (χ2v) is 7.52. The number of hydrogen-bond donors (Lipinski definition) is 0. The number of ether oxygens (including phenoxy) is 4. The van der Waals surface area contributed by atoms with Crippen molar-refractivity contribution in [2.75, 3.05) is 26.4 Å². The SMILES string of the molecule is CCCCCCCCC(C)(CCC)C(OCC)(OCC)OCC1CO1. The zero-order chi connectivity index (χ0) is 18.6. The summed E-state index contributed by atoms with van der Waals surface area (Å²) in [5.74, 6) is -0.956. The molecule has 0 aromatic carbocycles. The molecule has 0 amide bonds. The van der Waals surface area contributed by atoms with E-state index >= 15 is 0 Å². The highest BCUT2D eigenvalue weighted by molar-refractivity contribution is 4.86. The first-order valence-corrected chi connectivity index (χ1v) is 10.6. The Morgan fingerprint density at radius 3 is 1.92 bits per heavy atom. The predicted octanol–water partition coefficient (Wildman–Crippen LogP) is 5.69. The van der Waals surface area contributed by atoms with Gasteiger partial charge >= 0.3 is 0 Å². The van der Waals surface area contributed by atoms with Crippen LogP contribution in [0.2, 0.25) is 0 Å². The number of epoxide rings is 1. The maximum absolute atomic E-state index is 6.28. The van der Waals surface area contributed by atoms with Crippen LogP contribution in [0.1, 0.15) is 92.4 Å². The van der Waals surface area contributed by atoms with Crippen LogP contribution < -0.4 is 0 Å². The minimum atomic E-state index is -0.956. The Bertz CT molecular complexity index is 324. The first-order chi connectivity index (χ1) is 12.1. The average Bonchev–Trinajstić information content (AvgIpc) is 3.41. The van der Waals surface area contributed by atoms with Crippen molar-refractivity contribution in [2.45, 2.75) is 104 Å². The molecule has 0 radical (unpaired) electrons. The Labute approximate surface area is 155 Å². The molecular formula is C21H42O4. The van der Waals surface area contributed by atoms with Crippen LogP contribution in [0.25, 0.3) is 0 Å². The van der Waals surface area contributed by atoms with E-state index in [0.29, 0.717) is 19.8 Å². The molecule has 0 aromatic rings. The van der Waals surface area contributed by atoms with Crippen LogP contribution in [0.4, 0.5) is 0 Å². The van der Waals surface area contributed by atoms with Gasteiger partial charge in [-0.1, -0.05) is 65.7 Å². The summed E-state index contributed by atoms with van der Waals surface area (Å²) < 4.78 is 23.9. The summed E-state index contributed by atoms with van der Waals surface area (Å²) in [7, 11) is 0. The van der Waals surface area contributed by atoms with Crippen LogP contribution in [0.5, 0.6) is 0 Å². The highest BCUT2D eigenvalue weighted by Crippen LogP contribution is 2.45. The molecule has 150 valence electrons. The fraction of sp³-hybridized carbons (Fsp3) is 1.00. The lowest BCUT2D eigenvalue weighted by atomic mass is 9.77. The van der Waals surface area contributed by atoms with E-state index < -0.39 is 5.97 Å². The van der Waals surface area contributed by atoms with Gasteiger partial charge in [0.2, 0.25) is 0 Å². The summed E-state index contributed by atoms with van der Waals surface area (Å²) in [4.78, 5) is 0. The molecule has 1 heterocycles. The third-order valence-electron chi connectivity index (χ3n) is 5.15. The second kappa shape index (κ2) is 12.3. The molecule has 1 saturated heterocycles. The molecule has 1 rings (SSSR count). The topological polar surface area (TPSA) is 40.2 Å². The van der Waals surface area contributed by atoms with Crippen LogP contribution in [-0.4, -0.2) is 38.5 Å². The van der Waals surface area contributed by atoms with Crippen LogP contribution >= 0.6 is 0 Å². The number of unbranched alkanes of at least 4 members (excludes halogenated alkanes) is 5. The largest absolute Gasteiger partial charge is 0.371 e. The zero-order valence-electron chi connectivity index (χ0n) is 17.4. The Kier molecular flexibility index (Phi) is 11.2. The second-order valence-electron chi connectivity index (χ2n) is 7.52. The van der Waals surface area contributed by atoms with Gasteiger partial charge in [-0.3, -0.25) is 0 Å². The molecule has 0 aliphatic carbocycles. The molecule has 1 fully saturated rings. The third-order valence-corrected chi connectivity index (χ3v) is 5.15. The molecule has 0 N–H and O–H groups in total. The molecule has 25 heavy (non-hydrogen) atoms. The van der Waals surface area contributed by atoms with Crippen molar-refractivity contribution in [2.24, 2.45) is 5.41 Å². The van der Waals surface area contributed by atoms with E-state index in [4.69, 9.17) is 18.9 Å². The molecule has 2 unspecified atom stereocenters. The van der Waals surface area contributed by atoms with Gasteiger partial charge in [0.1, 0.15) is 6.10 Å². The first kappa shape index (κ1) is 22.9.